The number of carbonyl (C=O) groups is 2. The molecule has 8 nitrogen and oxygen atoms in total. The second-order valence-corrected chi connectivity index (χ2v) is 7.79. The number of fused-ring (bicyclic) bond motifs is 1. The lowest BCUT2D eigenvalue weighted by molar-refractivity contribution is 0.0467. The lowest BCUT2D eigenvalue weighted by Crippen LogP contribution is -2.17. The number of nitrogens with one attached hydrogen (secondary N) is 1. The Hall–Kier alpha value is -3.92. The number of ether oxygens (including phenoxy) is 1. The van der Waals surface area contributed by atoms with E-state index in [0.717, 1.165) is 5.01 Å². The van der Waals surface area contributed by atoms with E-state index in [1.807, 2.05) is 6.92 Å². The van der Waals surface area contributed by atoms with E-state index in [1.54, 1.807) is 12.1 Å². The zero-order valence-electron chi connectivity index (χ0n) is 16.9. The maximum absolute atomic E-state index is 13.0. The van der Waals surface area contributed by atoms with E-state index in [-0.39, 0.29) is 23.3 Å². The molecule has 0 aliphatic carbocycles. The molecule has 0 aliphatic rings. The minimum Gasteiger partial charge on any atom is -0.456 e. The van der Waals surface area contributed by atoms with Crippen molar-refractivity contribution in [2.75, 3.05) is 5.32 Å². The Labute approximate surface area is 185 Å². The van der Waals surface area contributed by atoms with Crippen molar-refractivity contribution >= 4 is 33.9 Å². The normalized spacial score (nSPS) is 10.8. The number of rotatable bonds is 6. The molecule has 1 N–H and O–H groups in total. The number of hydrogen-bond acceptors (Lipinski definition) is 7. The van der Waals surface area contributed by atoms with Gasteiger partial charge >= 0.3 is 5.97 Å². The van der Waals surface area contributed by atoms with Crippen LogP contribution >= 0.6 is 11.3 Å². The number of aromatic nitrogens is 3. The van der Waals surface area contributed by atoms with Crippen molar-refractivity contribution in [3.63, 3.8) is 0 Å². The van der Waals surface area contributed by atoms with E-state index in [2.05, 4.69) is 15.4 Å². The zero-order chi connectivity index (χ0) is 22.7. The molecular formula is C22H17FN4O4S. The summed E-state index contributed by atoms with van der Waals surface area (Å²) in [7, 11) is 0. The number of nitrogens with zero attached hydrogens (tertiary/aromatic N) is 3. The first kappa shape index (κ1) is 21.3. The lowest BCUT2D eigenvalue weighted by atomic mass is 10.1. The third kappa shape index (κ3) is 4.70. The van der Waals surface area contributed by atoms with Gasteiger partial charge in [-0.25, -0.2) is 14.2 Å². The summed E-state index contributed by atoms with van der Waals surface area (Å²) in [5.74, 6) is -1.52. The van der Waals surface area contributed by atoms with Gasteiger partial charge in [0, 0.05) is 17.3 Å². The molecule has 0 radical (unpaired) electrons. The Kier molecular flexibility index (Phi) is 6.04. The minimum atomic E-state index is -0.636. The van der Waals surface area contributed by atoms with Gasteiger partial charge in [0.2, 0.25) is 4.96 Å². The average Bonchev–Trinajstić information content (AvgIpc) is 3.22. The number of halogens is 1. The fourth-order valence-electron chi connectivity index (χ4n) is 2.86. The number of amides is 1. The highest BCUT2D eigenvalue weighted by molar-refractivity contribution is 7.16. The summed E-state index contributed by atoms with van der Waals surface area (Å²) in [4.78, 5) is 41.7. The topological polar surface area (TPSA) is 103 Å². The molecule has 2 aromatic heterocycles. The van der Waals surface area contributed by atoms with Crippen LogP contribution < -0.4 is 10.9 Å². The van der Waals surface area contributed by atoms with E-state index < -0.39 is 17.7 Å². The predicted molar refractivity (Wildman–Crippen MR) is 116 cm³/mol. The molecule has 32 heavy (non-hydrogen) atoms. The van der Waals surface area contributed by atoms with Crippen molar-refractivity contribution < 1.29 is 18.7 Å². The summed E-state index contributed by atoms with van der Waals surface area (Å²) >= 11 is 1.30. The third-order valence-corrected chi connectivity index (χ3v) is 5.51. The largest absolute Gasteiger partial charge is 0.456 e. The summed E-state index contributed by atoms with van der Waals surface area (Å²) in [5.41, 5.74) is 0.841. The van der Waals surface area contributed by atoms with Crippen LogP contribution in [-0.2, 0) is 17.8 Å². The zero-order valence-corrected chi connectivity index (χ0v) is 17.7. The molecule has 0 saturated carbocycles. The molecule has 2 heterocycles. The molecule has 10 heteroatoms. The summed E-state index contributed by atoms with van der Waals surface area (Å²) in [6.45, 7) is 1.75. The molecule has 0 unspecified atom stereocenters. The van der Waals surface area contributed by atoms with Gasteiger partial charge in [0.1, 0.15) is 17.4 Å². The molecule has 162 valence electrons. The van der Waals surface area contributed by atoms with Gasteiger partial charge < -0.3 is 10.1 Å². The summed E-state index contributed by atoms with van der Waals surface area (Å²) in [5, 5.41) is 7.61. The number of anilines is 1. The van der Waals surface area contributed by atoms with Gasteiger partial charge in [-0.3, -0.25) is 9.59 Å². The Bertz CT molecular complexity index is 1360. The van der Waals surface area contributed by atoms with Crippen LogP contribution in [0.1, 0.15) is 38.3 Å². The SMILES string of the molecule is CCc1nn2c(=O)cc(COC(=O)c3cccc(NC(=O)c4ccc(F)cc4)c3)nc2s1. The van der Waals surface area contributed by atoms with Gasteiger partial charge in [0.25, 0.3) is 11.5 Å². The van der Waals surface area contributed by atoms with Crippen LogP contribution in [0.25, 0.3) is 4.96 Å². The number of carbonyl (C=O) groups excluding carboxylic acids is 2. The van der Waals surface area contributed by atoms with Crippen molar-refractivity contribution in [2.24, 2.45) is 0 Å². The van der Waals surface area contributed by atoms with Crippen molar-refractivity contribution in [1.29, 1.82) is 0 Å². The lowest BCUT2D eigenvalue weighted by Gasteiger charge is -2.08. The smallest absolute Gasteiger partial charge is 0.338 e. The van der Waals surface area contributed by atoms with Crippen LogP contribution in [0.3, 0.4) is 0 Å². The molecule has 0 spiro atoms. The average molecular weight is 452 g/mol. The number of esters is 1. The Balaban J connectivity index is 1.44. The van der Waals surface area contributed by atoms with Crippen molar-refractivity contribution in [3.05, 3.63) is 92.6 Å². The summed E-state index contributed by atoms with van der Waals surface area (Å²) in [6, 6.07) is 12.6. The molecule has 0 fully saturated rings. The van der Waals surface area contributed by atoms with Gasteiger partial charge in [-0.1, -0.05) is 24.3 Å². The van der Waals surface area contributed by atoms with E-state index in [0.29, 0.717) is 22.8 Å². The monoisotopic (exact) mass is 452 g/mol. The van der Waals surface area contributed by atoms with Gasteiger partial charge in [-0.05, 0) is 48.9 Å². The molecule has 4 aromatic rings. The van der Waals surface area contributed by atoms with E-state index in [1.165, 1.54) is 58.3 Å². The molecule has 0 saturated heterocycles. The second-order valence-electron chi connectivity index (χ2n) is 6.75. The van der Waals surface area contributed by atoms with E-state index >= 15 is 0 Å². The first-order valence-corrected chi connectivity index (χ1v) is 10.5. The van der Waals surface area contributed by atoms with Gasteiger partial charge in [0.05, 0.1) is 11.3 Å². The third-order valence-electron chi connectivity index (χ3n) is 4.46. The molecule has 0 bridgehead atoms. The van der Waals surface area contributed by atoms with Crippen molar-refractivity contribution in [2.45, 2.75) is 20.0 Å². The molecule has 4 rings (SSSR count). The van der Waals surface area contributed by atoms with Crippen LogP contribution in [0.2, 0.25) is 0 Å². The Morgan fingerprint density at radius 1 is 1.12 bits per heavy atom. The standard InChI is InChI=1S/C22H17FN4O4S/c1-2-18-26-27-19(28)11-17(25-22(27)32-18)12-31-21(30)14-4-3-5-16(10-14)24-20(29)13-6-8-15(23)9-7-13/h3-11H,2,12H2,1H3,(H,24,29). The van der Waals surface area contributed by atoms with Crippen LogP contribution in [0.15, 0.2) is 59.4 Å². The van der Waals surface area contributed by atoms with E-state index in [9.17, 15) is 18.8 Å². The van der Waals surface area contributed by atoms with Crippen LogP contribution in [0.4, 0.5) is 10.1 Å². The number of aryl methyl sites for hydroxylation is 1. The van der Waals surface area contributed by atoms with Crippen LogP contribution in [-0.4, -0.2) is 26.5 Å². The second kappa shape index (κ2) is 9.06. The number of benzene rings is 2. The van der Waals surface area contributed by atoms with Crippen molar-refractivity contribution in [1.82, 2.24) is 14.6 Å². The van der Waals surface area contributed by atoms with Crippen LogP contribution in [0.5, 0.6) is 0 Å². The maximum Gasteiger partial charge on any atom is 0.338 e. The molecular weight excluding hydrogens is 435 g/mol. The fraction of sp³-hybridized carbons (Fsp3) is 0.136. The quantitative estimate of drug-likeness (QED) is 0.450. The first-order valence-electron chi connectivity index (χ1n) is 9.65. The van der Waals surface area contributed by atoms with Gasteiger partial charge in [-0.15, -0.1) is 0 Å². The Morgan fingerprint density at radius 3 is 2.66 bits per heavy atom. The predicted octanol–water partition coefficient (Wildman–Crippen LogP) is 3.46. The van der Waals surface area contributed by atoms with Crippen LogP contribution in [0, 0.1) is 5.82 Å². The summed E-state index contributed by atoms with van der Waals surface area (Å²) in [6.07, 6.45) is 0.686. The van der Waals surface area contributed by atoms with Crippen molar-refractivity contribution in [3.8, 4) is 0 Å². The fourth-order valence-corrected chi connectivity index (χ4v) is 3.72. The highest BCUT2D eigenvalue weighted by atomic mass is 32.1. The highest BCUT2D eigenvalue weighted by Gasteiger charge is 2.13. The van der Waals surface area contributed by atoms with Gasteiger partial charge in [0.15, 0.2) is 0 Å². The molecule has 0 aliphatic heterocycles. The number of hydrogen-bond donors (Lipinski definition) is 1. The van der Waals surface area contributed by atoms with E-state index in [4.69, 9.17) is 4.74 Å². The minimum absolute atomic E-state index is 0.184. The highest BCUT2D eigenvalue weighted by Crippen LogP contribution is 2.15. The molecule has 2 aromatic carbocycles. The maximum atomic E-state index is 13.0. The molecule has 1 amide bonds. The molecule has 0 atom stereocenters. The Morgan fingerprint density at radius 2 is 1.91 bits per heavy atom. The first-order chi connectivity index (χ1) is 15.4. The summed E-state index contributed by atoms with van der Waals surface area (Å²) < 4.78 is 19.5. The van der Waals surface area contributed by atoms with Gasteiger partial charge in [-0.2, -0.15) is 9.61 Å².